The van der Waals surface area contributed by atoms with Gasteiger partial charge in [0.15, 0.2) is 0 Å². The number of hydrogen-bond donors (Lipinski definition) is 2. The zero-order chi connectivity index (χ0) is 10.6. The fourth-order valence-electron chi connectivity index (χ4n) is 1.19. The van der Waals surface area contributed by atoms with Gasteiger partial charge in [-0.25, -0.2) is 4.39 Å². The van der Waals surface area contributed by atoms with E-state index in [4.69, 9.17) is 10.5 Å². The van der Waals surface area contributed by atoms with Gasteiger partial charge in [-0.05, 0) is 25.1 Å². The molecule has 0 fully saturated rings. The van der Waals surface area contributed by atoms with Gasteiger partial charge >= 0.3 is 0 Å². The molecule has 78 valence electrons. The van der Waals surface area contributed by atoms with Gasteiger partial charge in [-0.1, -0.05) is 0 Å². The number of benzene rings is 1. The minimum atomic E-state index is -0.882. The van der Waals surface area contributed by atoms with Crippen molar-refractivity contribution >= 4 is 0 Å². The smallest absolute Gasteiger partial charge is 0.125 e. The lowest BCUT2D eigenvalue weighted by molar-refractivity contribution is 0.179. The third-order valence-corrected chi connectivity index (χ3v) is 1.85. The summed E-state index contributed by atoms with van der Waals surface area (Å²) in [5, 5.41) is 9.49. The van der Waals surface area contributed by atoms with Crippen LogP contribution in [0.2, 0.25) is 0 Å². The van der Waals surface area contributed by atoms with Gasteiger partial charge in [0.05, 0.1) is 12.7 Å². The van der Waals surface area contributed by atoms with Crippen molar-refractivity contribution in [2.45, 2.75) is 13.0 Å². The van der Waals surface area contributed by atoms with Gasteiger partial charge in [0, 0.05) is 12.1 Å². The predicted molar refractivity (Wildman–Crippen MR) is 51.6 cm³/mol. The maximum atomic E-state index is 12.9. The van der Waals surface area contributed by atoms with Crippen LogP contribution in [0.1, 0.15) is 18.6 Å². The topological polar surface area (TPSA) is 55.5 Å². The van der Waals surface area contributed by atoms with Crippen LogP contribution in [0, 0.1) is 5.82 Å². The van der Waals surface area contributed by atoms with Crippen molar-refractivity contribution in [2.24, 2.45) is 5.73 Å². The Morgan fingerprint density at radius 1 is 1.57 bits per heavy atom. The van der Waals surface area contributed by atoms with Crippen LogP contribution in [0.15, 0.2) is 18.2 Å². The number of ether oxygens (including phenoxy) is 1. The molecular formula is C10H14FNO2. The van der Waals surface area contributed by atoms with Crippen molar-refractivity contribution < 1.29 is 14.2 Å². The number of hydrogen-bond acceptors (Lipinski definition) is 3. The second kappa shape index (κ2) is 4.93. The van der Waals surface area contributed by atoms with Crippen LogP contribution in [0.3, 0.4) is 0 Å². The summed E-state index contributed by atoms with van der Waals surface area (Å²) in [4.78, 5) is 0. The molecule has 0 aliphatic heterocycles. The molecule has 0 bridgehead atoms. The lowest BCUT2D eigenvalue weighted by Gasteiger charge is -2.13. The van der Waals surface area contributed by atoms with Crippen LogP contribution in [0.25, 0.3) is 0 Å². The number of aliphatic hydroxyl groups is 1. The number of halogens is 1. The molecule has 3 nitrogen and oxygen atoms in total. The molecule has 0 saturated heterocycles. The van der Waals surface area contributed by atoms with Gasteiger partial charge in [-0.3, -0.25) is 0 Å². The largest absolute Gasteiger partial charge is 0.493 e. The second-order valence-electron chi connectivity index (χ2n) is 2.87. The molecule has 1 aromatic rings. The molecule has 1 atom stereocenters. The number of nitrogens with two attached hydrogens (primary N) is 1. The van der Waals surface area contributed by atoms with E-state index < -0.39 is 11.9 Å². The zero-order valence-corrected chi connectivity index (χ0v) is 8.03. The fraction of sp³-hybridized carbons (Fsp3) is 0.400. The quantitative estimate of drug-likeness (QED) is 0.766. The van der Waals surface area contributed by atoms with E-state index in [0.717, 1.165) is 0 Å². The first-order chi connectivity index (χ1) is 6.69. The van der Waals surface area contributed by atoms with Crippen molar-refractivity contribution in [2.75, 3.05) is 13.2 Å². The Balaban J connectivity index is 3.02. The minimum absolute atomic E-state index is 0.0452. The Labute approximate surface area is 82.3 Å². The lowest BCUT2D eigenvalue weighted by Crippen LogP contribution is -2.13. The molecule has 0 aromatic heterocycles. The average Bonchev–Trinajstić information content (AvgIpc) is 2.20. The Kier molecular flexibility index (Phi) is 3.85. The van der Waals surface area contributed by atoms with Crippen molar-refractivity contribution in [3.63, 3.8) is 0 Å². The standard InChI is InChI=1S/C10H14FNO2/c1-2-14-10-4-3-7(11)5-8(10)9(13)6-12/h3-5,9,13H,2,6,12H2,1H3. The van der Waals surface area contributed by atoms with E-state index in [0.29, 0.717) is 17.9 Å². The normalized spacial score (nSPS) is 12.6. The van der Waals surface area contributed by atoms with E-state index >= 15 is 0 Å². The zero-order valence-electron chi connectivity index (χ0n) is 8.03. The van der Waals surface area contributed by atoms with Crippen LogP contribution < -0.4 is 10.5 Å². The van der Waals surface area contributed by atoms with Gasteiger partial charge in [0.25, 0.3) is 0 Å². The number of rotatable bonds is 4. The summed E-state index contributed by atoms with van der Waals surface area (Å²) in [6.07, 6.45) is -0.882. The first-order valence-electron chi connectivity index (χ1n) is 4.49. The van der Waals surface area contributed by atoms with Crippen LogP contribution in [0.4, 0.5) is 4.39 Å². The highest BCUT2D eigenvalue weighted by atomic mass is 19.1. The third kappa shape index (κ3) is 2.43. The molecule has 0 aliphatic rings. The molecule has 0 aliphatic carbocycles. The van der Waals surface area contributed by atoms with Crippen molar-refractivity contribution in [3.05, 3.63) is 29.6 Å². The molecular weight excluding hydrogens is 185 g/mol. The monoisotopic (exact) mass is 199 g/mol. The van der Waals surface area contributed by atoms with Crippen molar-refractivity contribution in [1.82, 2.24) is 0 Å². The molecule has 0 heterocycles. The van der Waals surface area contributed by atoms with Crippen LogP contribution in [-0.4, -0.2) is 18.3 Å². The molecule has 1 aromatic carbocycles. The Morgan fingerprint density at radius 3 is 2.86 bits per heavy atom. The average molecular weight is 199 g/mol. The third-order valence-electron chi connectivity index (χ3n) is 1.85. The molecule has 4 heteroatoms. The van der Waals surface area contributed by atoms with Crippen molar-refractivity contribution in [1.29, 1.82) is 0 Å². The molecule has 1 unspecified atom stereocenters. The molecule has 3 N–H and O–H groups in total. The first-order valence-corrected chi connectivity index (χ1v) is 4.49. The summed E-state index contributed by atoms with van der Waals surface area (Å²) < 4.78 is 18.1. The summed E-state index contributed by atoms with van der Waals surface area (Å²) in [6, 6.07) is 4.02. The maximum absolute atomic E-state index is 12.9. The summed E-state index contributed by atoms with van der Waals surface area (Å²) >= 11 is 0. The molecule has 0 spiro atoms. The SMILES string of the molecule is CCOc1ccc(F)cc1C(O)CN. The van der Waals surface area contributed by atoms with Gasteiger partial charge in [-0.2, -0.15) is 0 Å². The molecule has 0 amide bonds. The highest BCUT2D eigenvalue weighted by Gasteiger charge is 2.12. The van der Waals surface area contributed by atoms with E-state index in [2.05, 4.69) is 0 Å². The van der Waals surface area contributed by atoms with Gasteiger partial charge < -0.3 is 15.6 Å². The highest BCUT2D eigenvalue weighted by Crippen LogP contribution is 2.25. The molecule has 0 saturated carbocycles. The van der Waals surface area contributed by atoms with Crippen LogP contribution in [-0.2, 0) is 0 Å². The van der Waals surface area contributed by atoms with Crippen LogP contribution >= 0.6 is 0 Å². The van der Waals surface area contributed by atoms with Gasteiger partial charge in [-0.15, -0.1) is 0 Å². The summed E-state index contributed by atoms with van der Waals surface area (Å²) in [6.45, 7) is 2.33. The second-order valence-corrected chi connectivity index (χ2v) is 2.87. The Hall–Kier alpha value is -1.13. The van der Waals surface area contributed by atoms with E-state index in [-0.39, 0.29) is 6.54 Å². The van der Waals surface area contributed by atoms with Gasteiger partial charge in [0.1, 0.15) is 11.6 Å². The first kappa shape index (κ1) is 10.9. The minimum Gasteiger partial charge on any atom is -0.493 e. The maximum Gasteiger partial charge on any atom is 0.125 e. The molecule has 14 heavy (non-hydrogen) atoms. The lowest BCUT2D eigenvalue weighted by atomic mass is 10.1. The van der Waals surface area contributed by atoms with E-state index in [9.17, 15) is 9.50 Å². The summed E-state index contributed by atoms with van der Waals surface area (Å²) in [7, 11) is 0. The van der Waals surface area contributed by atoms with Crippen molar-refractivity contribution in [3.8, 4) is 5.75 Å². The van der Waals surface area contributed by atoms with Crippen LogP contribution in [0.5, 0.6) is 5.75 Å². The molecule has 0 radical (unpaired) electrons. The summed E-state index contributed by atoms with van der Waals surface area (Å²) in [5.41, 5.74) is 5.69. The van der Waals surface area contributed by atoms with E-state index in [1.54, 1.807) is 0 Å². The molecule has 1 rings (SSSR count). The number of aliphatic hydroxyl groups excluding tert-OH is 1. The van der Waals surface area contributed by atoms with E-state index in [1.165, 1.54) is 18.2 Å². The Morgan fingerprint density at radius 2 is 2.29 bits per heavy atom. The Bertz CT molecular complexity index is 304. The van der Waals surface area contributed by atoms with E-state index in [1.807, 2.05) is 6.92 Å². The predicted octanol–water partition coefficient (Wildman–Crippen LogP) is 1.22. The summed E-state index contributed by atoms with van der Waals surface area (Å²) in [5.74, 6) is 0.0720. The van der Waals surface area contributed by atoms with Gasteiger partial charge in [0.2, 0.25) is 0 Å². The highest BCUT2D eigenvalue weighted by molar-refractivity contribution is 5.35. The fourth-order valence-corrected chi connectivity index (χ4v) is 1.19.